The van der Waals surface area contributed by atoms with Crippen molar-refractivity contribution in [1.82, 2.24) is 15.4 Å². The summed E-state index contributed by atoms with van der Waals surface area (Å²) in [5, 5.41) is 13.9. The lowest BCUT2D eigenvalue weighted by Crippen LogP contribution is -2.43. The van der Waals surface area contributed by atoms with Gasteiger partial charge in [-0.3, -0.25) is 4.79 Å². The van der Waals surface area contributed by atoms with E-state index in [4.69, 9.17) is 5.11 Å². The van der Waals surface area contributed by atoms with Crippen LogP contribution in [0.15, 0.2) is 0 Å². The number of carboxylic acid groups (broad SMARTS) is 1. The normalized spacial score (nSPS) is 22.4. The molecule has 0 aromatic carbocycles. The highest BCUT2D eigenvalue weighted by Gasteiger charge is 2.30. The SMILES string of the molecule is CCNS(=O)(=O)CCNC(=O)NC1CCC(C(=O)O)C1. The van der Waals surface area contributed by atoms with E-state index in [1.807, 2.05) is 0 Å². The van der Waals surface area contributed by atoms with Gasteiger partial charge in [-0.15, -0.1) is 0 Å². The summed E-state index contributed by atoms with van der Waals surface area (Å²) in [4.78, 5) is 22.3. The van der Waals surface area contributed by atoms with Gasteiger partial charge < -0.3 is 15.7 Å². The number of sulfonamides is 1. The number of carbonyl (C=O) groups excluding carboxylic acids is 1. The van der Waals surface area contributed by atoms with Crippen LogP contribution in [0.4, 0.5) is 4.79 Å². The van der Waals surface area contributed by atoms with Crippen LogP contribution in [0.2, 0.25) is 0 Å². The van der Waals surface area contributed by atoms with Crippen LogP contribution in [0.5, 0.6) is 0 Å². The maximum absolute atomic E-state index is 11.5. The largest absolute Gasteiger partial charge is 0.481 e. The van der Waals surface area contributed by atoms with Gasteiger partial charge in [-0.25, -0.2) is 17.9 Å². The maximum Gasteiger partial charge on any atom is 0.315 e. The molecular formula is C11H21N3O5S. The van der Waals surface area contributed by atoms with Crippen LogP contribution < -0.4 is 15.4 Å². The molecule has 0 aromatic heterocycles. The first-order valence-electron chi connectivity index (χ1n) is 6.58. The molecule has 0 aromatic rings. The second-order valence-electron chi connectivity index (χ2n) is 4.76. The lowest BCUT2D eigenvalue weighted by Gasteiger charge is -2.13. The highest BCUT2D eigenvalue weighted by Crippen LogP contribution is 2.25. The summed E-state index contributed by atoms with van der Waals surface area (Å²) in [6, 6.07) is -0.630. The molecule has 1 rings (SSSR count). The Morgan fingerprint density at radius 2 is 2.00 bits per heavy atom. The van der Waals surface area contributed by atoms with E-state index in [1.165, 1.54) is 0 Å². The molecule has 0 aliphatic heterocycles. The average molecular weight is 307 g/mol. The fraction of sp³-hybridized carbons (Fsp3) is 0.818. The standard InChI is InChI=1S/C11H21N3O5S/c1-2-13-20(18,19)6-5-12-11(17)14-9-4-3-8(7-9)10(15)16/h8-9,13H,2-7H2,1H3,(H,15,16)(H2,12,14,17). The number of aliphatic carboxylic acids is 1. The van der Waals surface area contributed by atoms with Crippen LogP contribution in [0.25, 0.3) is 0 Å². The lowest BCUT2D eigenvalue weighted by atomic mass is 10.1. The molecular weight excluding hydrogens is 286 g/mol. The van der Waals surface area contributed by atoms with E-state index >= 15 is 0 Å². The minimum absolute atomic E-state index is 0.0102. The van der Waals surface area contributed by atoms with E-state index in [1.54, 1.807) is 6.92 Å². The van der Waals surface area contributed by atoms with Gasteiger partial charge in [-0.2, -0.15) is 0 Å². The molecule has 0 spiro atoms. The number of hydrogen-bond acceptors (Lipinski definition) is 4. The van der Waals surface area contributed by atoms with Gasteiger partial charge in [0.2, 0.25) is 10.0 Å². The number of rotatable bonds is 7. The van der Waals surface area contributed by atoms with Gasteiger partial charge in [0.25, 0.3) is 0 Å². The molecule has 116 valence electrons. The summed E-state index contributed by atoms with van der Waals surface area (Å²) in [6.45, 7) is 2.00. The number of hydrogen-bond donors (Lipinski definition) is 4. The fourth-order valence-electron chi connectivity index (χ4n) is 2.16. The molecule has 9 heteroatoms. The molecule has 8 nitrogen and oxygen atoms in total. The summed E-state index contributed by atoms with van der Waals surface area (Å²) in [7, 11) is -3.34. The maximum atomic E-state index is 11.5. The van der Waals surface area contributed by atoms with Crippen LogP contribution >= 0.6 is 0 Å². The third-order valence-corrected chi connectivity index (χ3v) is 4.61. The van der Waals surface area contributed by atoms with Crippen LogP contribution in [-0.2, 0) is 14.8 Å². The van der Waals surface area contributed by atoms with E-state index in [0.29, 0.717) is 25.8 Å². The molecule has 2 unspecified atom stereocenters. The monoisotopic (exact) mass is 307 g/mol. The number of urea groups is 1. The summed E-state index contributed by atoms with van der Waals surface area (Å²) < 4.78 is 25.0. The minimum Gasteiger partial charge on any atom is -0.481 e. The second kappa shape index (κ2) is 7.44. The van der Waals surface area contributed by atoms with Gasteiger partial charge in [0.1, 0.15) is 0 Å². The molecule has 1 saturated carbocycles. The Balaban J connectivity index is 2.23. The summed E-state index contributed by atoms with van der Waals surface area (Å²) in [5.74, 6) is -1.43. The minimum atomic E-state index is -3.34. The molecule has 1 aliphatic carbocycles. The van der Waals surface area contributed by atoms with Gasteiger partial charge in [-0.05, 0) is 19.3 Å². The fourth-order valence-corrected chi connectivity index (χ4v) is 3.12. The molecule has 0 bridgehead atoms. The van der Waals surface area contributed by atoms with Crippen molar-refractivity contribution in [2.45, 2.75) is 32.2 Å². The van der Waals surface area contributed by atoms with E-state index < -0.39 is 27.9 Å². The Hall–Kier alpha value is -1.35. The van der Waals surface area contributed by atoms with Crippen LogP contribution in [0.1, 0.15) is 26.2 Å². The van der Waals surface area contributed by atoms with Crippen LogP contribution in [0.3, 0.4) is 0 Å². The van der Waals surface area contributed by atoms with Crippen molar-refractivity contribution in [3.05, 3.63) is 0 Å². The average Bonchev–Trinajstić information content (AvgIpc) is 2.77. The van der Waals surface area contributed by atoms with Crippen molar-refractivity contribution in [3.63, 3.8) is 0 Å². The highest BCUT2D eigenvalue weighted by atomic mass is 32.2. The molecule has 0 radical (unpaired) electrons. The third-order valence-electron chi connectivity index (χ3n) is 3.14. The molecule has 4 N–H and O–H groups in total. The Labute approximate surface area is 118 Å². The quantitative estimate of drug-likeness (QED) is 0.503. The van der Waals surface area contributed by atoms with Crippen molar-refractivity contribution < 1.29 is 23.1 Å². The molecule has 2 atom stereocenters. The first-order chi connectivity index (χ1) is 9.34. The number of carbonyl (C=O) groups is 2. The smallest absolute Gasteiger partial charge is 0.315 e. The van der Waals surface area contributed by atoms with E-state index in [9.17, 15) is 18.0 Å². The summed E-state index contributed by atoms with van der Waals surface area (Å²) >= 11 is 0. The third kappa shape index (κ3) is 5.74. The van der Waals surface area contributed by atoms with Crippen LogP contribution in [-0.4, -0.2) is 50.4 Å². The van der Waals surface area contributed by atoms with Crippen LogP contribution in [0, 0.1) is 5.92 Å². The Bertz CT molecular complexity index is 451. The Morgan fingerprint density at radius 3 is 2.55 bits per heavy atom. The highest BCUT2D eigenvalue weighted by molar-refractivity contribution is 7.89. The molecule has 0 saturated heterocycles. The molecule has 2 amide bonds. The van der Waals surface area contributed by atoms with Crippen molar-refractivity contribution in [1.29, 1.82) is 0 Å². The predicted molar refractivity (Wildman–Crippen MR) is 72.8 cm³/mol. The van der Waals surface area contributed by atoms with Crippen molar-refractivity contribution in [2.24, 2.45) is 5.92 Å². The first-order valence-corrected chi connectivity index (χ1v) is 8.23. The zero-order chi connectivity index (χ0) is 15.2. The topological polar surface area (TPSA) is 125 Å². The first kappa shape index (κ1) is 16.7. The second-order valence-corrected chi connectivity index (χ2v) is 6.69. The Kier molecular flexibility index (Phi) is 6.21. The zero-order valence-electron chi connectivity index (χ0n) is 11.4. The summed E-state index contributed by atoms with van der Waals surface area (Å²) in [5.41, 5.74) is 0. The van der Waals surface area contributed by atoms with Gasteiger partial charge in [0.15, 0.2) is 0 Å². The number of amides is 2. The predicted octanol–water partition coefficient (Wildman–Crippen LogP) is -0.522. The molecule has 20 heavy (non-hydrogen) atoms. The van der Waals surface area contributed by atoms with Gasteiger partial charge >= 0.3 is 12.0 Å². The number of nitrogens with one attached hydrogen (secondary N) is 3. The van der Waals surface area contributed by atoms with Gasteiger partial charge in [0.05, 0.1) is 11.7 Å². The van der Waals surface area contributed by atoms with Crippen molar-refractivity contribution >= 4 is 22.0 Å². The molecule has 1 aliphatic rings. The number of carboxylic acids is 1. The zero-order valence-corrected chi connectivity index (χ0v) is 12.2. The molecule has 0 heterocycles. The lowest BCUT2D eigenvalue weighted by molar-refractivity contribution is -0.141. The van der Waals surface area contributed by atoms with Gasteiger partial charge in [0, 0.05) is 19.1 Å². The van der Waals surface area contributed by atoms with Crippen molar-refractivity contribution in [2.75, 3.05) is 18.8 Å². The van der Waals surface area contributed by atoms with E-state index in [0.717, 1.165) is 0 Å². The van der Waals surface area contributed by atoms with E-state index in [-0.39, 0.29) is 18.3 Å². The molecule has 1 fully saturated rings. The van der Waals surface area contributed by atoms with Gasteiger partial charge in [-0.1, -0.05) is 6.92 Å². The van der Waals surface area contributed by atoms with Crippen molar-refractivity contribution in [3.8, 4) is 0 Å². The van der Waals surface area contributed by atoms with E-state index in [2.05, 4.69) is 15.4 Å². The summed E-state index contributed by atoms with van der Waals surface area (Å²) in [6.07, 6.45) is 1.59. The Morgan fingerprint density at radius 1 is 1.30 bits per heavy atom.